The Bertz CT molecular complexity index is 529. The number of imidazole rings is 1. The number of nitrogens with zero attached hydrogens (tertiary/aromatic N) is 2. The second-order valence-corrected chi connectivity index (χ2v) is 5.24. The Morgan fingerprint density at radius 3 is 2.50 bits per heavy atom. The Morgan fingerprint density at radius 1 is 1.10 bits per heavy atom. The Morgan fingerprint density at radius 2 is 1.85 bits per heavy atom. The van der Waals surface area contributed by atoms with Crippen LogP contribution in [0.2, 0.25) is 0 Å². The van der Waals surface area contributed by atoms with E-state index < -0.39 is 0 Å². The number of hydrogen-bond donors (Lipinski definition) is 1. The van der Waals surface area contributed by atoms with E-state index in [9.17, 15) is 0 Å². The van der Waals surface area contributed by atoms with E-state index in [2.05, 4.69) is 42.7 Å². The van der Waals surface area contributed by atoms with Gasteiger partial charge in [0, 0.05) is 6.42 Å². The number of nitrogens with two attached hydrogens (primary N) is 1. The summed E-state index contributed by atoms with van der Waals surface area (Å²) in [6.07, 6.45) is 5.56. The number of nitrogen functional groups attached to an aromatic ring is 1. The van der Waals surface area contributed by atoms with Crippen molar-refractivity contribution in [1.82, 2.24) is 9.55 Å². The van der Waals surface area contributed by atoms with Gasteiger partial charge in [-0.1, -0.05) is 57.0 Å². The minimum absolute atomic E-state index is 0.816. The zero-order valence-corrected chi connectivity index (χ0v) is 12.6. The smallest absolute Gasteiger partial charge is 0.127 e. The number of benzene rings is 1. The Labute approximate surface area is 121 Å². The number of aromatic nitrogens is 2. The molecule has 1 aromatic carbocycles. The molecule has 1 aromatic heterocycles. The molecule has 0 bridgehead atoms. The largest absolute Gasteiger partial charge is 0.384 e. The van der Waals surface area contributed by atoms with Crippen LogP contribution in [-0.2, 0) is 19.4 Å². The van der Waals surface area contributed by atoms with Crippen molar-refractivity contribution >= 4 is 5.82 Å². The molecular weight excluding hydrogens is 246 g/mol. The van der Waals surface area contributed by atoms with E-state index in [1.54, 1.807) is 0 Å². The van der Waals surface area contributed by atoms with Gasteiger partial charge in [-0.2, -0.15) is 0 Å². The van der Waals surface area contributed by atoms with E-state index in [0.29, 0.717) is 0 Å². The Balaban J connectivity index is 2.18. The molecule has 0 spiro atoms. The van der Waals surface area contributed by atoms with Gasteiger partial charge < -0.3 is 10.3 Å². The standard InChI is InChI=1S/C17H25N3/c1-3-5-7-12-15-17(18)20(16(4-2)19-15)13-14-10-8-6-9-11-14/h6,8-11H,3-5,7,12-13,18H2,1-2H3. The molecule has 0 amide bonds. The highest BCUT2D eigenvalue weighted by Gasteiger charge is 2.13. The van der Waals surface area contributed by atoms with Crippen molar-refractivity contribution in [3.05, 3.63) is 47.4 Å². The van der Waals surface area contributed by atoms with Crippen LogP contribution < -0.4 is 5.73 Å². The monoisotopic (exact) mass is 271 g/mol. The van der Waals surface area contributed by atoms with Gasteiger partial charge in [-0.3, -0.25) is 0 Å². The molecule has 3 heteroatoms. The zero-order valence-electron chi connectivity index (χ0n) is 12.6. The number of anilines is 1. The van der Waals surface area contributed by atoms with Crippen LogP contribution in [0.3, 0.4) is 0 Å². The molecule has 20 heavy (non-hydrogen) atoms. The van der Waals surface area contributed by atoms with Crippen LogP contribution in [0.15, 0.2) is 30.3 Å². The maximum absolute atomic E-state index is 6.31. The second-order valence-electron chi connectivity index (χ2n) is 5.24. The van der Waals surface area contributed by atoms with E-state index in [1.165, 1.54) is 24.8 Å². The predicted octanol–water partition coefficient (Wildman–Crippen LogP) is 3.81. The summed E-state index contributed by atoms with van der Waals surface area (Å²) in [6, 6.07) is 10.4. The molecule has 0 fully saturated rings. The van der Waals surface area contributed by atoms with Gasteiger partial charge in [0.05, 0.1) is 12.2 Å². The van der Waals surface area contributed by atoms with Gasteiger partial charge in [0.15, 0.2) is 0 Å². The summed E-state index contributed by atoms with van der Waals surface area (Å²) in [7, 11) is 0. The fourth-order valence-corrected chi connectivity index (χ4v) is 2.51. The third-order valence-corrected chi connectivity index (χ3v) is 3.68. The molecule has 0 radical (unpaired) electrons. The maximum Gasteiger partial charge on any atom is 0.127 e. The van der Waals surface area contributed by atoms with Gasteiger partial charge in [-0.25, -0.2) is 4.98 Å². The van der Waals surface area contributed by atoms with Crippen molar-refractivity contribution in [1.29, 1.82) is 0 Å². The van der Waals surface area contributed by atoms with Crippen molar-refractivity contribution in [2.24, 2.45) is 0 Å². The van der Waals surface area contributed by atoms with Crippen molar-refractivity contribution < 1.29 is 0 Å². The van der Waals surface area contributed by atoms with Gasteiger partial charge in [-0.05, 0) is 18.4 Å². The van der Waals surface area contributed by atoms with Crippen LogP contribution in [0.25, 0.3) is 0 Å². The quantitative estimate of drug-likeness (QED) is 0.778. The second kappa shape index (κ2) is 7.13. The minimum atomic E-state index is 0.816. The van der Waals surface area contributed by atoms with Gasteiger partial charge in [0.2, 0.25) is 0 Å². The van der Waals surface area contributed by atoms with E-state index in [1.807, 2.05) is 6.07 Å². The van der Waals surface area contributed by atoms with Crippen LogP contribution >= 0.6 is 0 Å². The lowest BCUT2D eigenvalue weighted by atomic mass is 10.1. The van der Waals surface area contributed by atoms with Crippen LogP contribution in [0.5, 0.6) is 0 Å². The van der Waals surface area contributed by atoms with E-state index in [-0.39, 0.29) is 0 Å². The average molecular weight is 271 g/mol. The molecule has 2 N–H and O–H groups in total. The normalized spacial score (nSPS) is 10.9. The van der Waals surface area contributed by atoms with Crippen LogP contribution in [-0.4, -0.2) is 9.55 Å². The molecule has 0 aliphatic heterocycles. The Kier molecular flexibility index (Phi) is 5.22. The minimum Gasteiger partial charge on any atom is -0.384 e. The number of rotatable bonds is 7. The van der Waals surface area contributed by atoms with Crippen molar-refractivity contribution in [3.8, 4) is 0 Å². The molecule has 0 atom stereocenters. The topological polar surface area (TPSA) is 43.8 Å². The molecule has 2 aromatic rings. The summed E-state index contributed by atoms with van der Waals surface area (Å²) in [5.74, 6) is 1.94. The molecule has 0 aliphatic carbocycles. The van der Waals surface area contributed by atoms with Crippen molar-refractivity contribution in [3.63, 3.8) is 0 Å². The molecule has 2 rings (SSSR count). The predicted molar refractivity (Wildman–Crippen MR) is 84.8 cm³/mol. The summed E-state index contributed by atoms with van der Waals surface area (Å²) in [5, 5.41) is 0. The first-order chi connectivity index (χ1) is 9.76. The molecule has 0 saturated heterocycles. The first-order valence-corrected chi connectivity index (χ1v) is 7.63. The first kappa shape index (κ1) is 14.6. The molecule has 0 unspecified atom stereocenters. The molecule has 1 heterocycles. The number of aryl methyl sites for hydroxylation is 2. The van der Waals surface area contributed by atoms with Gasteiger partial charge in [0.25, 0.3) is 0 Å². The highest BCUT2D eigenvalue weighted by Crippen LogP contribution is 2.19. The van der Waals surface area contributed by atoms with Crippen molar-refractivity contribution in [2.75, 3.05) is 5.73 Å². The maximum atomic E-state index is 6.31. The third kappa shape index (κ3) is 3.41. The van der Waals surface area contributed by atoms with Gasteiger partial charge in [0.1, 0.15) is 11.6 Å². The highest BCUT2D eigenvalue weighted by molar-refractivity contribution is 5.39. The third-order valence-electron chi connectivity index (χ3n) is 3.68. The number of hydrogen-bond acceptors (Lipinski definition) is 2. The summed E-state index contributed by atoms with van der Waals surface area (Å²) >= 11 is 0. The molecule has 3 nitrogen and oxygen atoms in total. The van der Waals surface area contributed by atoms with Crippen LogP contribution in [0.4, 0.5) is 5.82 Å². The zero-order chi connectivity index (χ0) is 14.4. The van der Waals surface area contributed by atoms with Gasteiger partial charge in [-0.15, -0.1) is 0 Å². The summed E-state index contributed by atoms with van der Waals surface area (Å²) in [4.78, 5) is 4.73. The van der Waals surface area contributed by atoms with E-state index in [0.717, 1.165) is 36.7 Å². The van der Waals surface area contributed by atoms with Gasteiger partial charge >= 0.3 is 0 Å². The SMILES string of the molecule is CCCCCc1nc(CC)n(Cc2ccccc2)c1N. The van der Waals surface area contributed by atoms with Crippen molar-refractivity contribution in [2.45, 2.75) is 52.5 Å². The van der Waals surface area contributed by atoms with Crippen LogP contribution in [0.1, 0.15) is 50.2 Å². The fraction of sp³-hybridized carbons (Fsp3) is 0.471. The Hall–Kier alpha value is -1.77. The summed E-state index contributed by atoms with van der Waals surface area (Å²) in [6.45, 7) is 5.17. The summed E-state index contributed by atoms with van der Waals surface area (Å²) < 4.78 is 2.16. The molecular formula is C17H25N3. The fourth-order valence-electron chi connectivity index (χ4n) is 2.51. The molecule has 0 saturated carbocycles. The lowest BCUT2D eigenvalue weighted by Crippen LogP contribution is -2.08. The summed E-state index contributed by atoms with van der Waals surface area (Å²) in [5.41, 5.74) is 8.66. The van der Waals surface area contributed by atoms with Crippen LogP contribution in [0, 0.1) is 0 Å². The van der Waals surface area contributed by atoms with E-state index >= 15 is 0 Å². The average Bonchev–Trinajstić information content (AvgIpc) is 2.77. The molecule has 0 aliphatic rings. The highest BCUT2D eigenvalue weighted by atomic mass is 15.1. The lowest BCUT2D eigenvalue weighted by Gasteiger charge is -2.09. The van der Waals surface area contributed by atoms with E-state index in [4.69, 9.17) is 10.7 Å². The first-order valence-electron chi connectivity index (χ1n) is 7.63. The number of unbranched alkanes of at least 4 members (excludes halogenated alkanes) is 2. The molecule has 108 valence electrons. The lowest BCUT2D eigenvalue weighted by molar-refractivity contribution is 0.709.